The summed E-state index contributed by atoms with van der Waals surface area (Å²) in [5.74, 6) is 0.590. The number of likely N-dealkylation sites (tertiary alicyclic amines) is 1. The van der Waals surface area contributed by atoms with Crippen LogP contribution >= 0.6 is 0 Å². The van der Waals surface area contributed by atoms with Gasteiger partial charge in [-0.05, 0) is 43.1 Å². The maximum absolute atomic E-state index is 4.41. The third kappa shape index (κ3) is 2.77. The number of aromatic amines is 1. The van der Waals surface area contributed by atoms with Crippen LogP contribution < -0.4 is 0 Å². The first kappa shape index (κ1) is 13.5. The van der Waals surface area contributed by atoms with E-state index in [1.807, 2.05) is 12.3 Å². The fraction of sp³-hybridized carbons (Fsp3) is 0.316. The molecule has 2 aromatic heterocycles. The number of hydrogen-bond donors (Lipinski definition) is 1. The Kier molecular flexibility index (Phi) is 3.65. The van der Waals surface area contributed by atoms with Crippen molar-refractivity contribution in [2.45, 2.75) is 25.3 Å². The normalized spacial score (nSPS) is 19.5. The van der Waals surface area contributed by atoms with Crippen LogP contribution in [0.15, 0.2) is 54.7 Å². The van der Waals surface area contributed by atoms with Gasteiger partial charge in [0.2, 0.25) is 0 Å². The van der Waals surface area contributed by atoms with Gasteiger partial charge in [0, 0.05) is 36.3 Å². The number of fused-ring (bicyclic) bond motifs is 1. The molecule has 1 aliphatic heterocycles. The fourth-order valence-electron chi connectivity index (χ4n) is 3.49. The van der Waals surface area contributed by atoms with E-state index in [2.05, 4.69) is 57.3 Å². The maximum Gasteiger partial charge on any atom is 0.137 e. The number of aromatic nitrogens is 2. The van der Waals surface area contributed by atoms with E-state index in [0.29, 0.717) is 5.92 Å². The molecule has 0 saturated carbocycles. The molecule has 0 aliphatic carbocycles. The summed E-state index contributed by atoms with van der Waals surface area (Å²) >= 11 is 0. The van der Waals surface area contributed by atoms with Gasteiger partial charge in [-0.25, -0.2) is 4.98 Å². The number of rotatable bonds is 3. The Balaban J connectivity index is 1.50. The number of pyridine rings is 1. The summed E-state index contributed by atoms with van der Waals surface area (Å²) in [6, 6.07) is 17.2. The number of piperidine rings is 1. The number of nitrogens with one attached hydrogen (secondary N) is 1. The summed E-state index contributed by atoms with van der Waals surface area (Å²) in [4.78, 5) is 10.5. The number of H-pyrrole nitrogens is 1. The first-order chi connectivity index (χ1) is 10.9. The average molecular weight is 291 g/mol. The molecule has 3 heteroatoms. The fourth-order valence-corrected chi connectivity index (χ4v) is 3.49. The summed E-state index contributed by atoms with van der Waals surface area (Å²) in [6.45, 7) is 3.38. The van der Waals surface area contributed by atoms with Crippen LogP contribution in [0.25, 0.3) is 11.0 Å². The topological polar surface area (TPSA) is 31.9 Å². The molecule has 22 heavy (non-hydrogen) atoms. The molecule has 1 atom stereocenters. The maximum atomic E-state index is 4.41. The highest BCUT2D eigenvalue weighted by Gasteiger charge is 2.22. The summed E-state index contributed by atoms with van der Waals surface area (Å²) in [6.07, 6.45) is 4.38. The molecule has 3 nitrogen and oxygen atoms in total. The predicted molar refractivity (Wildman–Crippen MR) is 89.8 cm³/mol. The van der Waals surface area contributed by atoms with E-state index in [1.165, 1.54) is 36.0 Å². The second-order valence-corrected chi connectivity index (χ2v) is 6.23. The third-order valence-corrected chi connectivity index (χ3v) is 4.61. The van der Waals surface area contributed by atoms with Crippen molar-refractivity contribution >= 4 is 11.0 Å². The first-order valence-corrected chi connectivity index (χ1v) is 8.08. The Morgan fingerprint density at radius 2 is 2.05 bits per heavy atom. The van der Waals surface area contributed by atoms with E-state index in [4.69, 9.17) is 0 Å². The van der Waals surface area contributed by atoms with E-state index >= 15 is 0 Å². The van der Waals surface area contributed by atoms with Crippen LogP contribution in [0.2, 0.25) is 0 Å². The quantitative estimate of drug-likeness (QED) is 0.792. The van der Waals surface area contributed by atoms with Crippen molar-refractivity contribution in [3.05, 3.63) is 66.0 Å². The van der Waals surface area contributed by atoms with Crippen LogP contribution in [0.5, 0.6) is 0 Å². The van der Waals surface area contributed by atoms with Gasteiger partial charge < -0.3 is 4.98 Å². The number of nitrogens with zero attached hydrogens (tertiary/aromatic N) is 2. The predicted octanol–water partition coefficient (Wildman–Crippen LogP) is 3.94. The van der Waals surface area contributed by atoms with Crippen LogP contribution in [0, 0.1) is 0 Å². The SMILES string of the molecule is c1ccc(CN2CCCC(c3cc4cccnc4[nH]3)C2)cc1. The van der Waals surface area contributed by atoms with E-state index in [0.717, 1.165) is 18.7 Å². The lowest BCUT2D eigenvalue weighted by atomic mass is 9.94. The van der Waals surface area contributed by atoms with Crippen LogP contribution in [-0.2, 0) is 6.54 Å². The van der Waals surface area contributed by atoms with Crippen molar-refractivity contribution in [2.24, 2.45) is 0 Å². The van der Waals surface area contributed by atoms with E-state index in [1.54, 1.807) is 0 Å². The van der Waals surface area contributed by atoms with Gasteiger partial charge in [-0.3, -0.25) is 4.90 Å². The monoisotopic (exact) mass is 291 g/mol. The average Bonchev–Trinajstić information content (AvgIpc) is 3.00. The van der Waals surface area contributed by atoms with Crippen molar-refractivity contribution in [3.8, 4) is 0 Å². The minimum Gasteiger partial charge on any atom is -0.343 e. The lowest BCUT2D eigenvalue weighted by molar-refractivity contribution is 0.199. The van der Waals surface area contributed by atoms with Gasteiger partial charge in [-0.15, -0.1) is 0 Å². The largest absolute Gasteiger partial charge is 0.343 e. The molecular formula is C19H21N3. The smallest absolute Gasteiger partial charge is 0.137 e. The number of benzene rings is 1. The van der Waals surface area contributed by atoms with Crippen molar-refractivity contribution in [2.75, 3.05) is 13.1 Å². The molecule has 1 unspecified atom stereocenters. The van der Waals surface area contributed by atoms with Gasteiger partial charge in [0.15, 0.2) is 0 Å². The van der Waals surface area contributed by atoms with Crippen molar-refractivity contribution in [1.29, 1.82) is 0 Å². The van der Waals surface area contributed by atoms with Gasteiger partial charge >= 0.3 is 0 Å². The van der Waals surface area contributed by atoms with Gasteiger partial charge in [0.25, 0.3) is 0 Å². The van der Waals surface area contributed by atoms with Crippen molar-refractivity contribution < 1.29 is 0 Å². The highest BCUT2D eigenvalue weighted by Crippen LogP contribution is 2.29. The molecule has 3 heterocycles. The molecular weight excluding hydrogens is 270 g/mol. The number of hydrogen-bond acceptors (Lipinski definition) is 2. The van der Waals surface area contributed by atoms with E-state index < -0.39 is 0 Å². The Hall–Kier alpha value is -2.13. The summed E-state index contributed by atoms with van der Waals surface area (Å²) in [7, 11) is 0. The molecule has 1 saturated heterocycles. The molecule has 1 N–H and O–H groups in total. The highest BCUT2D eigenvalue weighted by atomic mass is 15.1. The molecule has 0 radical (unpaired) electrons. The minimum absolute atomic E-state index is 0.590. The Bertz CT molecular complexity index is 714. The Morgan fingerprint density at radius 1 is 1.14 bits per heavy atom. The molecule has 0 bridgehead atoms. The van der Waals surface area contributed by atoms with Crippen molar-refractivity contribution in [1.82, 2.24) is 14.9 Å². The first-order valence-electron chi connectivity index (χ1n) is 8.08. The van der Waals surface area contributed by atoms with Crippen molar-refractivity contribution in [3.63, 3.8) is 0 Å². The lowest BCUT2D eigenvalue weighted by Crippen LogP contribution is -2.33. The van der Waals surface area contributed by atoms with Gasteiger partial charge in [-0.2, -0.15) is 0 Å². The molecule has 3 aromatic rings. The van der Waals surface area contributed by atoms with Crippen LogP contribution in [0.1, 0.15) is 30.0 Å². The van der Waals surface area contributed by atoms with E-state index in [9.17, 15) is 0 Å². The van der Waals surface area contributed by atoms with Crippen LogP contribution in [0.3, 0.4) is 0 Å². The summed E-state index contributed by atoms with van der Waals surface area (Å²) in [5, 5.41) is 1.22. The second-order valence-electron chi connectivity index (χ2n) is 6.23. The zero-order valence-corrected chi connectivity index (χ0v) is 12.7. The molecule has 0 amide bonds. The third-order valence-electron chi connectivity index (χ3n) is 4.61. The van der Waals surface area contributed by atoms with E-state index in [-0.39, 0.29) is 0 Å². The molecule has 112 valence electrons. The van der Waals surface area contributed by atoms with Gasteiger partial charge in [0.05, 0.1) is 0 Å². The zero-order valence-electron chi connectivity index (χ0n) is 12.7. The Morgan fingerprint density at radius 3 is 2.91 bits per heavy atom. The lowest BCUT2D eigenvalue weighted by Gasteiger charge is -2.32. The van der Waals surface area contributed by atoms with Gasteiger partial charge in [-0.1, -0.05) is 30.3 Å². The minimum atomic E-state index is 0.590. The second kappa shape index (κ2) is 5.93. The van der Waals surface area contributed by atoms with Gasteiger partial charge in [0.1, 0.15) is 5.65 Å². The molecule has 1 fully saturated rings. The van der Waals surface area contributed by atoms with Crippen LogP contribution in [-0.4, -0.2) is 28.0 Å². The molecule has 1 aromatic carbocycles. The Labute approximate surface area is 131 Å². The standard InChI is InChI=1S/C19H21N3/c1-2-6-15(7-3-1)13-22-11-5-9-17(14-22)18-12-16-8-4-10-20-19(16)21-18/h1-4,6-8,10,12,17H,5,9,11,13-14H2,(H,20,21). The van der Waals surface area contributed by atoms with Crippen LogP contribution in [0.4, 0.5) is 0 Å². The highest BCUT2D eigenvalue weighted by molar-refractivity contribution is 5.76. The molecule has 4 rings (SSSR count). The molecule has 1 aliphatic rings. The summed E-state index contributed by atoms with van der Waals surface area (Å²) in [5.41, 5.74) is 3.76. The zero-order chi connectivity index (χ0) is 14.8. The summed E-state index contributed by atoms with van der Waals surface area (Å²) < 4.78 is 0. The molecule has 0 spiro atoms.